The molecule has 4 nitrogen and oxygen atoms in total. The Morgan fingerprint density at radius 2 is 1.76 bits per heavy atom. The smallest absolute Gasteiger partial charge is 0.237 e. The SMILES string of the molecule is CC(O)CC(C)(C)CNC(=O)[C@@H](N)C(C)(C)C. The summed E-state index contributed by atoms with van der Waals surface area (Å²) in [4.78, 5) is 11.8. The van der Waals surface area contributed by atoms with Crippen LogP contribution in [-0.2, 0) is 4.79 Å². The zero-order valence-corrected chi connectivity index (χ0v) is 12.0. The van der Waals surface area contributed by atoms with Crippen LogP contribution < -0.4 is 11.1 Å². The van der Waals surface area contributed by atoms with Gasteiger partial charge in [0.1, 0.15) is 0 Å². The van der Waals surface area contributed by atoms with Crippen molar-refractivity contribution in [1.82, 2.24) is 5.32 Å². The van der Waals surface area contributed by atoms with Gasteiger partial charge in [-0.15, -0.1) is 0 Å². The first kappa shape index (κ1) is 16.4. The van der Waals surface area contributed by atoms with Crippen molar-refractivity contribution in [1.29, 1.82) is 0 Å². The molecule has 17 heavy (non-hydrogen) atoms. The van der Waals surface area contributed by atoms with Gasteiger partial charge in [0, 0.05) is 6.54 Å². The highest BCUT2D eigenvalue weighted by molar-refractivity contribution is 5.82. The Balaban J connectivity index is 4.25. The zero-order valence-electron chi connectivity index (χ0n) is 12.0. The molecule has 0 aromatic rings. The molecule has 0 fully saturated rings. The van der Waals surface area contributed by atoms with Gasteiger partial charge in [-0.1, -0.05) is 34.6 Å². The van der Waals surface area contributed by atoms with E-state index >= 15 is 0 Å². The van der Waals surface area contributed by atoms with Crippen molar-refractivity contribution < 1.29 is 9.90 Å². The highest BCUT2D eigenvalue weighted by Gasteiger charge is 2.29. The van der Waals surface area contributed by atoms with Crippen LogP contribution >= 0.6 is 0 Å². The molecule has 0 heterocycles. The average molecular weight is 244 g/mol. The second kappa shape index (κ2) is 5.83. The average Bonchev–Trinajstić information content (AvgIpc) is 2.09. The van der Waals surface area contributed by atoms with Gasteiger partial charge in [0.15, 0.2) is 0 Å². The molecule has 102 valence electrons. The normalized spacial score (nSPS) is 16.5. The molecule has 0 aliphatic heterocycles. The highest BCUT2D eigenvalue weighted by atomic mass is 16.3. The molecule has 0 radical (unpaired) electrons. The predicted octanol–water partition coefficient (Wildman–Crippen LogP) is 1.27. The second-order valence-corrected chi connectivity index (χ2v) is 6.78. The first-order valence-electron chi connectivity index (χ1n) is 6.17. The first-order chi connectivity index (χ1) is 7.46. The lowest BCUT2D eigenvalue weighted by Crippen LogP contribution is -2.50. The summed E-state index contributed by atoms with van der Waals surface area (Å²) in [6, 6.07) is -0.509. The van der Waals surface area contributed by atoms with Crippen LogP contribution in [0.25, 0.3) is 0 Å². The third kappa shape index (κ3) is 6.64. The quantitative estimate of drug-likeness (QED) is 0.682. The molecule has 0 bridgehead atoms. The maximum absolute atomic E-state index is 11.8. The van der Waals surface area contributed by atoms with Crippen LogP contribution in [0.1, 0.15) is 48.0 Å². The fraction of sp³-hybridized carbons (Fsp3) is 0.923. The van der Waals surface area contributed by atoms with E-state index in [0.717, 1.165) is 0 Å². The van der Waals surface area contributed by atoms with Gasteiger partial charge in [-0.3, -0.25) is 4.79 Å². The molecule has 2 atom stereocenters. The van der Waals surface area contributed by atoms with E-state index in [-0.39, 0.29) is 22.8 Å². The van der Waals surface area contributed by atoms with Crippen molar-refractivity contribution in [2.75, 3.05) is 6.54 Å². The Morgan fingerprint density at radius 3 is 2.12 bits per heavy atom. The van der Waals surface area contributed by atoms with Crippen LogP contribution in [-0.4, -0.2) is 29.7 Å². The van der Waals surface area contributed by atoms with Crippen LogP contribution in [0, 0.1) is 10.8 Å². The molecule has 4 heteroatoms. The Labute approximate surface area is 105 Å². The number of hydrogen-bond acceptors (Lipinski definition) is 3. The number of aliphatic hydroxyl groups excluding tert-OH is 1. The first-order valence-corrected chi connectivity index (χ1v) is 6.17. The molecular formula is C13H28N2O2. The van der Waals surface area contributed by atoms with Gasteiger partial charge in [0.05, 0.1) is 12.1 Å². The fourth-order valence-corrected chi connectivity index (χ4v) is 1.70. The Morgan fingerprint density at radius 1 is 1.29 bits per heavy atom. The molecule has 0 rings (SSSR count). The molecule has 0 saturated heterocycles. The summed E-state index contributed by atoms with van der Waals surface area (Å²) in [5.74, 6) is -0.129. The number of aliphatic hydroxyl groups is 1. The molecule has 1 unspecified atom stereocenters. The van der Waals surface area contributed by atoms with Gasteiger partial charge in [-0.05, 0) is 24.2 Å². The van der Waals surface area contributed by atoms with Gasteiger partial charge in [-0.25, -0.2) is 0 Å². The van der Waals surface area contributed by atoms with E-state index in [2.05, 4.69) is 5.32 Å². The number of nitrogens with two attached hydrogens (primary N) is 1. The van der Waals surface area contributed by atoms with Crippen molar-refractivity contribution in [2.24, 2.45) is 16.6 Å². The number of rotatable bonds is 5. The summed E-state index contributed by atoms with van der Waals surface area (Å²) >= 11 is 0. The maximum atomic E-state index is 11.8. The van der Waals surface area contributed by atoms with Crippen LogP contribution in [0.5, 0.6) is 0 Å². The van der Waals surface area contributed by atoms with Gasteiger partial charge in [0.2, 0.25) is 5.91 Å². The van der Waals surface area contributed by atoms with E-state index in [4.69, 9.17) is 5.73 Å². The van der Waals surface area contributed by atoms with Crippen LogP contribution in [0.3, 0.4) is 0 Å². The summed E-state index contributed by atoms with van der Waals surface area (Å²) in [6.45, 7) is 12.1. The lowest BCUT2D eigenvalue weighted by Gasteiger charge is -2.30. The molecule has 1 amide bonds. The molecule has 0 aromatic heterocycles. The molecule has 0 saturated carbocycles. The van der Waals surface area contributed by atoms with Gasteiger partial charge in [0.25, 0.3) is 0 Å². The van der Waals surface area contributed by atoms with E-state index in [1.165, 1.54) is 0 Å². The Bertz CT molecular complexity index is 255. The minimum absolute atomic E-state index is 0.124. The van der Waals surface area contributed by atoms with E-state index in [1.807, 2.05) is 34.6 Å². The monoisotopic (exact) mass is 244 g/mol. The number of carbonyl (C=O) groups is 1. The Kier molecular flexibility index (Phi) is 5.62. The van der Waals surface area contributed by atoms with Crippen molar-refractivity contribution in [3.8, 4) is 0 Å². The molecular weight excluding hydrogens is 216 g/mol. The highest BCUT2D eigenvalue weighted by Crippen LogP contribution is 2.22. The third-order valence-corrected chi connectivity index (χ3v) is 2.80. The minimum atomic E-state index is -0.509. The lowest BCUT2D eigenvalue weighted by molar-refractivity contribution is -0.125. The zero-order chi connectivity index (χ0) is 13.9. The van der Waals surface area contributed by atoms with E-state index < -0.39 is 6.04 Å². The van der Waals surface area contributed by atoms with Crippen LogP contribution in [0.2, 0.25) is 0 Å². The number of carbonyl (C=O) groups excluding carboxylic acids is 1. The van der Waals surface area contributed by atoms with E-state index in [0.29, 0.717) is 13.0 Å². The van der Waals surface area contributed by atoms with Gasteiger partial charge >= 0.3 is 0 Å². The lowest BCUT2D eigenvalue weighted by atomic mass is 9.85. The van der Waals surface area contributed by atoms with Crippen molar-refractivity contribution in [3.05, 3.63) is 0 Å². The number of nitrogens with one attached hydrogen (secondary N) is 1. The predicted molar refractivity (Wildman–Crippen MR) is 70.5 cm³/mol. The number of hydrogen-bond donors (Lipinski definition) is 3. The van der Waals surface area contributed by atoms with Crippen LogP contribution in [0.15, 0.2) is 0 Å². The van der Waals surface area contributed by atoms with Crippen molar-refractivity contribution in [3.63, 3.8) is 0 Å². The summed E-state index contributed by atoms with van der Waals surface area (Å²) in [5.41, 5.74) is 5.50. The maximum Gasteiger partial charge on any atom is 0.237 e. The summed E-state index contributed by atoms with van der Waals surface area (Å²) in [7, 11) is 0. The molecule has 0 spiro atoms. The number of amides is 1. The molecule has 0 aliphatic rings. The van der Waals surface area contributed by atoms with Gasteiger partial charge in [-0.2, -0.15) is 0 Å². The largest absolute Gasteiger partial charge is 0.393 e. The van der Waals surface area contributed by atoms with E-state index in [9.17, 15) is 9.90 Å². The molecule has 4 N–H and O–H groups in total. The van der Waals surface area contributed by atoms with E-state index in [1.54, 1.807) is 6.92 Å². The Hall–Kier alpha value is -0.610. The molecule has 0 aliphatic carbocycles. The summed E-state index contributed by atoms with van der Waals surface area (Å²) in [6.07, 6.45) is 0.288. The third-order valence-electron chi connectivity index (χ3n) is 2.80. The summed E-state index contributed by atoms with van der Waals surface area (Å²) in [5, 5.41) is 12.2. The second-order valence-electron chi connectivity index (χ2n) is 6.78. The fourth-order valence-electron chi connectivity index (χ4n) is 1.70. The van der Waals surface area contributed by atoms with Crippen LogP contribution in [0.4, 0.5) is 0 Å². The van der Waals surface area contributed by atoms with Gasteiger partial charge < -0.3 is 16.2 Å². The van der Waals surface area contributed by atoms with Crippen molar-refractivity contribution in [2.45, 2.75) is 60.1 Å². The standard InChI is InChI=1S/C13H28N2O2/c1-9(16)7-13(5,6)8-15-11(17)10(14)12(2,3)4/h9-10,16H,7-8,14H2,1-6H3,(H,15,17)/t9?,10-/m1/s1. The molecule has 0 aromatic carbocycles. The topological polar surface area (TPSA) is 75.3 Å². The summed E-state index contributed by atoms with van der Waals surface area (Å²) < 4.78 is 0. The van der Waals surface area contributed by atoms with Crippen molar-refractivity contribution >= 4 is 5.91 Å². The minimum Gasteiger partial charge on any atom is -0.393 e.